The third-order valence-corrected chi connectivity index (χ3v) is 4.95. The van der Waals surface area contributed by atoms with E-state index in [0.29, 0.717) is 28.4 Å². The van der Waals surface area contributed by atoms with Gasteiger partial charge in [0.15, 0.2) is 12.4 Å². The Morgan fingerprint density at radius 3 is 2.53 bits per heavy atom. The Hall–Kier alpha value is -4.01. The van der Waals surface area contributed by atoms with E-state index in [-0.39, 0.29) is 30.6 Å². The Bertz CT molecular complexity index is 1250. The topological polar surface area (TPSA) is 74.0 Å². The number of carbonyl (C=O) groups excluding carboxylic acids is 1. The lowest BCUT2D eigenvalue weighted by molar-refractivity contribution is 0.102. The Morgan fingerprint density at radius 2 is 1.78 bits per heavy atom. The van der Waals surface area contributed by atoms with Crippen LogP contribution in [0.5, 0.6) is 5.75 Å². The SMILES string of the molecule is Cc1nn(Cc2ccccc2F)c(C)c1NC(=O)c1ccn(COc2ccc(F)cc2)n1. The second-order valence-corrected chi connectivity index (χ2v) is 7.22. The summed E-state index contributed by atoms with van der Waals surface area (Å²) in [6.45, 7) is 3.91. The summed E-state index contributed by atoms with van der Waals surface area (Å²) in [5.74, 6) is -0.569. The number of amides is 1. The number of hydrogen-bond donors (Lipinski definition) is 1. The molecule has 2 aromatic heterocycles. The van der Waals surface area contributed by atoms with E-state index in [4.69, 9.17) is 4.74 Å². The van der Waals surface area contributed by atoms with Crippen LogP contribution in [0.25, 0.3) is 0 Å². The van der Waals surface area contributed by atoms with Gasteiger partial charge in [0.2, 0.25) is 0 Å². The highest BCUT2D eigenvalue weighted by Crippen LogP contribution is 2.22. The van der Waals surface area contributed by atoms with Crippen molar-refractivity contribution in [2.75, 3.05) is 5.32 Å². The number of hydrogen-bond acceptors (Lipinski definition) is 4. The number of anilines is 1. The fourth-order valence-electron chi connectivity index (χ4n) is 3.22. The number of carbonyl (C=O) groups is 1. The maximum absolute atomic E-state index is 14.0. The van der Waals surface area contributed by atoms with Gasteiger partial charge in [-0.25, -0.2) is 13.5 Å². The molecule has 2 heterocycles. The molecule has 0 aliphatic carbocycles. The number of rotatable bonds is 7. The van der Waals surface area contributed by atoms with Gasteiger partial charge in [0.1, 0.15) is 17.4 Å². The molecule has 0 spiro atoms. The van der Waals surface area contributed by atoms with Crippen molar-refractivity contribution in [1.29, 1.82) is 0 Å². The number of ether oxygens (including phenoxy) is 1. The van der Waals surface area contributed by atoms with E-state index < -0.39 is 5.91 Å². The zero-order valence-electron chi connectivity index (χ0n) is 17.5. The number of aromatic nitrogens is 4. The first-order chi connectivity index (χ1) is 15.4. The van der Waals surface area contributed by atoms with Crippen molar-refractivity contribution >= 4 is 11.6 Å². The lowest BCUT2D eigenvalue weighted by Crippen LogP contribution is -2.15. The van der Waals surface area contributed by atoms with Gasteiger partial charge in [0.05, 0.1) is 23.6 Å². The van der Waals surface area contributed by atoms with Gasteiger partial charge in [-0.1, -0.05) is 18.2 Å². The first-order valence-electron chi connectivity index (χ1n) is 9.91. The Kier molecular flexibility index (Phi) is 5.98. The molecule has 7 nitrogen and oxygen atoms in total. The summed E-state index contributed by atoms with van der Waals surface area (Å²) >= 11 is 0. The second kappa shape index (κ2) is 9.01. The lowest BCUT2D eigenvalue weighted by Gasteiger charge is -2.07. The first kappa shape index (κ1) is 21.2. The van der Waals surface area contributed by atoms with Gasteiger partial charge in [-0.3, -0.25) is 9.48 Å². The molecular formula is C23H21F2N5O2. The molecule has 2 aromatic carbocycles. The van der Waals surface area contributed by atoms with Gasteiger partial charge in [0, 0.05) is 11.8 Å². The molecule has 164 valence electrons. The molecule has 0 bridgehead atoms. The van der Waals surface area contributed by atoms with Crippen LogP contribution in [0.2, 0.25) is 0 Å². The summed E-state index contributed by atoms with van der Waals surface area (Å²) in [7, 11) is 0. The molecule has 0 aliphatic heterocycles. The fraction of sp³-hybridized carbons (Fsp3) is 0.174. The van der Waals surface area contributed by atoms with Crippen LogP contribution in [0.4, 0.5) is 14.5 Å². The van der Waals surface area contributed by atoms with E-state index in [1.807, 2.05) is 6.92 Å². The Morgan fingerprint density at radius 1 is 1.03 bits per heavy atom. The average molecular weight is 437 g/mol. The van der Waals surface area contributed by atoms with Gasteiger partial charge < -0.3 is 10.1 Å². The summed E-state index contributed by atoms with van der Waals surface area (Å²) in [6, 6.07) is 13.7. The average Bonchev–Trinajstić information content (AvgIpc) is 3.35. The van der Waals surface area contributed by atoms with Crippen molar-refractivity contribution < 1.29 is 18.3 Å². The van der Waals surface area contributed by atoms with Crippen LogP contribution in [0.1, 0.15) is 27.4 Å². The smallest absolute Gasteiger partial charge is 0.276 e. The van der Waals surface area contributed by atoms with Crippen LogP contribution >= 0.6 is 0 Å². The minimum absolute atomic E-state index is 0.0670. The van der Waals surface area contributed by atoms with Crippen molar-refractivity contribution in [2.24, 2.45) is 0 Å². The quantitative estimate of drug-likeness (QED) is 0.468. The highest BCUT2D eigenvalue weighted by Gasteiger charge is 2.17. The van der Waals surface area contributed by atoms with Crippen molar-refractivity contribution in [2.45, 2.75) is 27.1 Å². The molecule has 0 atom stereocenters. The van der Waals surface area contributed by atoms with Crippen LogP contribution in [0.3, 0.4) is 0 Å². The Balaban J connectivity index is 1.42. The summed E-state index contributed by atoms with van der Waals surface area (Å²) in [4.78, 5) is 12.7. The van der Waals surface area contributed by atoms with E-state index in [2.05, 4.69) is 15.5 Å². The lowest BCUT2D eigenvalue weighted by atomic mass is 10.2. The van der Waals surface area contributed by atoms with Gasteiger partial charge in [-0.05, 0) is 50.2 Å². The van der Waals surface area contributed by atoms with Crippen LogP contribution in [-0.4, -0.2) is 25.5 Å². The minimum Gasteiger partial charge on any atom is -0.471 e. The third-order valence-electron chi connectivity index (χ3n) is 4.95. The van der Waals surface area contributed by atoms with E-state index in [9.17, 15) is 13.6 Å². The minimum atomic E-state index is -0.401. The molecule has 0 saturated carbocycles. The summed E-state index contributed by atoms with van der Waals surface area (Å²) in [5.41, 5.74) is 2.59. The maximum atomic E-state index is 14.0. The van der Waals surface area contributed by atoms with Crippen molar-refractivity contribution in [1.82, 2.24) is 19.6 Å². The van der Waals surface area contributed by atoms with Crippen molar-refractivity contribution in [3.8, 4) is 5.75 Å². The number of benzene rings is 2. The van der Waals surface area contributed by atoms with Crippen molar-refractivity contribution in [3.05, 3.63) is 95.1 Å². The van der Waals surface area contributed by atoms with E-state index in [0.717, 1.165) is 0 Å². The monoisotopic (exact) mass is 437 g/mol. The molecule has 1 amide bonds. The van der Waals surface area contributed by atoms with E-state index in [1.54, 1.807) is 42.1 Å². The number of halogens is 2. The van der Waals surface area contributed by atoms with Crippen LogP contribution in [0.15, 0.2) is 60.8 Å². The molecule has 4 aromatic rings. The van der Waals surface area contributed by atoms with Gasteiger partial charge >= 0.3 is 0 Å². The molecule has 32 heavy (non-hydrogen) atoms. The molecule has 0 radical (unpaired) electrons. The zero-order valence-corrected chi connectivity index (χ0v) is 17.5. The predicted octanol–water partition coefficient (Wildman–Crippen LogP) is 4.31. The molecule has 0 fully saturated rings. The molecule has 0 unspecified atom stereocenters. The van der Waals surface area contributed by atoms with Gasteiger partial charge in [-0.2, -0.15) is 10.2 Å². The standard InChI is InChI=1S/C23H21F2N5O2/c1-15-22(16(2)30(27-15)13-17-5-3-4-6-20(17)25)26-23(31)21-11-12-29(28-21)14-32-19-9-7-18(24)8-10-19/h3-12H,13-14H2,1-2H3,(H,26,31). The largest absolute Gasteiger partial charge is 0.471 e. The van der Waals surface area contributed by atoms with Crippen LogP contribution in [0, 0.1) is 25.5 Å². The van der Waals surface area contributed by atoms with E-state index in [1.165, 1.54) is 35.0 Å². The molecule has 0 aliphatic rings. The normalized spacial score (nSPS) is 10.9. The number of aryl methyl sites for hydroxylation is 1. The fourth-order valence-corrected chi connectivity index (χ4v) is 3.22. The predicted molar refractivity (Wildman–Crippen MR) is 114 cm³/mol. The zero-order chi connectivity index (χ0) is 22.7. The number of nitrogens with one attached hydrogen (secondary N) is 1. The van der Waals surface area contributed by atoms with E-state index >= 15 is 0 Å². The van der Waals surface area contributed by atoms with Crippen LogP contribution in [-0.2, 0) is 13.3 Å². The van der Waals surface area contributed by atoms with Crippen molar-refractivity contribution in [3.63, 3.8) is 0 Å². The molecule has 4 rings (SSSR count). The highest BCUT2D eigenvalue weighted by atomic mass is 19.1. The van der Waals surface area contributed by atoms with Gasteiger partial charge in [0.25, 0.3) is 5.91 Å². The molecule has 0 saturated heterocycles. The number of nitrogens with zero attached hydrogens (tertiary/aromatic N) is 4. The molecule has 1 N–H and O–H groups in total. The van der Waals surface area contributed by atoms with Crippen LogP contribution < -0.4 is 10.1 Å². The summed E-state index contributed by atoms with van der Waals surface area (Å²) in [5, 5.41) is 11.5. The maximum Gasteiger partial charge on any atom is 0.276 e. The third kappa shape index (κ3) is 4.66. The Labute approximate surface area is 183 Å². The molecule has 9 heteroatoms. The molecular weight excluding hydrogens is 416 g/mol. The van der Waals surface area contributed by atoms with Gasteiger partial charge in [-0.15, -0.1) is 0 Å². The summed E-state index contributed by atoms with van der Waals surface area (Å²) in [6.07, 6.45) is 1.61. The first-order valence-corrected chi connectivity index (χ1v) is 9.91. The summed E-state index contributed by atoms with van der Waals surface area (Å²) < 4.78 is 35.6. The highest BCUT2D eigenvalue weighted by molar-refractivity contribution is 6.03. The second-order valence-electron chi connectivity index (χ2n) is 7.22.